The minimum atomic E-state index is -1.28. The minimum absolute atomic E-state index is 0.184. The first-order chi connectivity index (χ1) is 15.9. The summed E-state index contributed by atoms with van der Waals surface area (Å²) in [6, 6.07) is 13.2. The number of carbonyl (C=O) groups excluding carboxylic acids is 3. The molecule has 0 unspecified atom stereocenters. The van der Waals surface area contributed by atoms with Gasteiger partial charge in [-0.2, -0.15) is 11.8 Å². The Balaban J connectivity index is 1.55. The van der Waals surface area contributed by atoms with E-state index in [4.69, 9.17) is 11.6 Å². The van der Waals surface area contributed by atoms with Crippen molar-refractivity contribution >= 4 is 46.8 Å². The largest absolute Gasteiger partial charge is 0.323 e. The van der Waals surface area contributed by atoms with Gasteiger partial charge in [0.2, 0.25) is 17.7 Å². The molecule has 6 nitrogen and oxygen atoms in total. The van der Waals surface area contributed by atoms with E-state index in [-0.39, 0.29) is 23.8 Å². The molecule has 0 saturated carbocycles. The first-order valence-corrected chi connectivity index (χ1v) is 12.9. The maximum atomic E-state index is 13.8. The van der Waals surface area contributed by atoms with Gasteiger partial charge in [0.25, 0.3) is 0 Å². The highest BCUT2D eigenvalue weighted by Gasteiger charge is 2.70. The van der Waals surface area contributed by atoms with Gasteiger partial charge in [-0.3, -0.25) is 24.6 Å². The molecule has 3 aliphatic rings. The number of fused-ring (bicyclic) bond motifs is 4. The minimum Gasteiger partial charge on any atom is -0.323 e. The van der Waals surface area contributed by atoms with Crippen molar-refractivity contribution in [3.63, 3.8) is 0 Å². The Kier molecular flexibility index (Phi) is 5.75. The maximum absolute atomic E-state index is 13.8. The number of likely N-dealkylation sites (tertiary alicyclic amines) is 1. The Morgan fingerprint density at radius 3 is 2.61 bits per heavy atom. The van der Waals surface area contributed by atoms with E-state index in [1.54, 1.807) is 17.8 Å². The predicted octanol–water partition coefficient (Wildman–Crippen LogP) is 3.36. The summed E-state index contributed by atoms with van der Waals surface area (Å²) in [5.41, 5.74) is 1.89. The molecular formula is C25H26ClN3O3S. The Labute approximate surface area is 202 Å². The Morgan fingerprint density at radius 1 is 1.12 bits per heavy atom. The molecule has 3 heterocycles. The molecule has 4 atom stereocenters. The van der Waals surface area contributed by atoms with Gasteiger partial charge >= 0.3 is 0 Å². The molecule has 3 amide bonds. The highest BCUT2D eigenvalue weighted by atomic mass is 35.5. The standard InChI is InChI=1S/C25H26ClN3O3S/c1-14-12-16-21(17(26)13-14)27-24(32)25(16)20-19(18(28-25)9-11-33-2)22(30)29(23(20)31)10-8-15-6-4-3-5-7-15/h3-7,12-13,18-20,28H,8-11H2,1-2H3,(H,27,32)/t18-,19-,20-,25-/m1/s1. The van der Waals surface area contributed by atoms with E-state index in [1.807, 2.05) is 49.6 Å². The molecule has 33 heavy (non-hydrogen) atoms. The number of hydrogen-bond donors (Lipinski definition) is 2. The van der Waals surface area contributed by atoms with Crippen LogP contribution in [0.3, 0.4) is 0 Å². The van der Waals surface area contributed by atoms with Gasteiger partial charge < -0.3 is 5.32 Å². The number of benzene rings is 2. The SMILES string of the molecule is CSCC[C@H]1N[C@@]2(C(=O)Nc3c(Cl)cc(C)cc32)[C@H]2C(=O)N(CCc3ccccc3)C(=O)[C@H]12. The number of halogens is 1. The van der Waals surface area contributed by atoms with Crippen LogP contribution in [0.5, 0.6) is 0 Å². The van der Waals surface area contributed by atoms with Gasteiger partial charge in [-0.25, -0.2) is 0 Å². The Hall–Kier alpha value is -2.35. The zero-order chi connectivity index (χ0) is 23.3. The molecule has 2 aromatic rings. The number of imide groups is 1. The highest BCUT2D eigenvalue weighted by Crippen LogP contribution is 2.54. The van der Waals surface area contributed by atoms with E-state index in [1.165, 1.54) is 4.90 Å². The third-order valence-corrected chi connectivity index (χ3v) is 8.05. The summed E-state index contributed by atoms with van der Waals surface area (Å²) < 4.78 is 0. The molecule has 5 rings (SSSR count). The zero-order valence-corrected chi connectivity index (χ0v) is 20.1. The van der Waals surface area contributed by atoms with Gasteiger partial charge in [-0.15, -0.1) is 0 Å². The molecule has 0 aromatic heterocycles. The smallest absolute Gasteiger partial charge is 0.250 e. The van der Waals surface area contributed by atoms with Crippen LogP contribution in [-0.4, -0.2) is 47.2 Å². The highest BCUT2D eigenvalue weighted by molar-refractivity contribution is 7.98. The maximum Gasteiger partial charge on any atom is 0.250 e. The number of nitrogens with zero attached hydrogens (tertiary/aromatic N) is 1. The molecule has 172 valence electrons. The van der Waals surface area contributed by atoms with Crippen LogP contribution >= 0.6 is 23.4 Å². The van der Waals surface area contributed by atoms with Crippen molar-refractivity contribution in [2.24, 2.45) is 11.8 Å². The lowest BCUT2D eigenvalue weighted by atomic mass is 9.76. The third kappa shape index (κ3) is 3.40. The quantitative estimate of drug-likeness (QED) is 0.616. The van der Waals surface area contributed by atoms with Gasteiger partial charge in [0, 0.05) is 18.2 Å². The van der Waals surface area contributed by atoms with Crippen LogP contribution in [0.15, 0.2) is 42.5 Å². The number of hydrogen-bond acceptors (Lipinski definition) is 5. The third-order valence-electron chi connectivity index (χ3n) is 7.11. The molecule has 1 spiro atoms. The van der Waals surface area contributed by atoms with E-state index >= 15 is 0 Å². The predicted molar refractivity (Wildman–Crippen MR) is 130 cm³/mol. The van der Waals surface area contributed by atoms with Crippen molar-refractivity contribution in [3.05, 3.63) is 64.2 Å². The van der Waals surface area contributed by atoms with Crippen LogP contribution in [0.4, 0.5) is 5.69 Å². The van der Waals surface area contributed by atoms with Crippen molar-refractivity contribution < 1.29 is 14.4 Å². The number of rotatable bonds is 6. The molecule has 3 aliphatic heterocycles. The average Bonchev–Trinajstić information content (AvgIpc) is 3.37. The molecule has 0 aliphatic carbocycles. The first-order valence-electron chi connectivity index (χ1n) is 11.2. The zero-order valence-electron chi connectivity index (χ0n) is 18.6. The van der Waals surface area contributed by atoms with Crippen molar-refractivity contribution in [1.82, 2.24) is 10.2 Å². The van der Waals surface area contributed by atoms with E-state index < -0.39 is 17.4 Å². The fraction of sp³-hybridized carbons (Fsp3) is 0.400. The summed E-state index contributed by atoms with van der Waals surface area (Å²) >= 11 is 8.15. The Bertz CT molecular complexity index is 1140. The van der Waals surface area contributed by atoms with Gasteiger partial charge in [-0.1, -0.05) is 48.0 Å². The fourth-order valence-electron chi connectivity index (χ4n) is 5.65. The van der Waals surface area contributed by atoms with Crippen LogP contribution in [0.1, 0.15) is 23.1 Å². The lowest BCUT2D eigenvalue weighted by Gasteiger charge is -2.29. The summed E-state index contributed by atoms with van der Waals surface area (Å²) in [5.74, 6) is -1.30. The molecule has 0 radical (unpaired) electrons. The monoisotopic (exact) mass is 483 g/mol. The second-order valence-corrected chi connectivity index (χ2v) is 10.4. The Morgan fingerprint density at radius 2 is 1.88 bits per heavy atom. The van der Waals surface area contributed by atoms with E-state index in [0.29, 0.717) is 35.7 Å². The number of anilines is 1. The lowest BCUT2D eigenvalue weighted by Crippen LogP contribution is -2.53. The van der Waals surface area contributed by atoms with Gasteiger partial charge in [0.15, 0.2) is 0 Å². The molecule has 0 bridgehead atoms. The lowest BCUT2D eigenvalue weighted by molar-refractivity contribution is -0.142. The summed E-state index contributed by atoms with van der Waals surface area (Å²) in [6.07, 6.45) is 3.29. The molecule has 2 saturated heterocycles. The summed E-state index contributed by atoms with van der Waals surface area (Å²) in [4.78, 5) is 42.2. The topological polar surface area (TPSA) is 78.5 Å². The fourth-order valence-corrected chi connectivity index (χ4v) is 6.46. The summed E-state index contributed by atoms with van der Waals surface area (Å²) in [5, 5.41) is 6.81. The van der Waals surface area contributed by atoms with E-state index in [9.17, 15) is 14.4 Å². The number of amides is 3. The summed E-state index contributed by atoms with van der Waals surface area (Å²) in [6.45, 7) is 2.22. The van der Waals surface area contributed by atoms with E-state index in [0.717, 1.165) is 16.9 Å². The van der Waals surface area contributed by atoms with E-state index in [2.05, 4.69) is 10.6 Å². The number of thioether (sulfide) groups is 1. The number of nitrogens with one attached hydrogen (secondary N) is 2. The van der Waals surface area contributed by atoms with Gasteiger partial charge in [0.05, 0.1) is 22.5 Å². The normalized spacial score (nSPS) is 27.9. The van der Waals surface area contributed by atoms with Crippen LogP contribution in [-0.2, 0) is 26.3 Å². The van der Waals surface area contributed by atoms with Crippen molar-refractivity contribution in [2.45, 2.75) is 31.3 Å². The van der Waals surface area contributed by atoms with Crippen LogP contribution in [0, 0.1) is 18.8 Å². The second-order valence-electron chi connectivity index (χ2n) is 9.03. The van der Waals surface area contributed by atoms with Crippen molar-refractivity contribution in [2.75, 3.05) is 23.9 Å². The molecule has 2 N–H and O–H groups in total. The molecule has 2 fully saturated rings. The van der Waals surface area contributed by atoms with Crippen molar-refractivity contribution in [1.29, 1.82) is 0 Å². The van der Waals surface area contributed by atoms with Crippen LogP contribution in [0.2, 0.25) is 5.02 Å². The molecule has 2 aromatic carbocycles. The first kappa shape index (κ1) is 22.4. The molecular weight excluding hydrogens is 458 g/mol. The molecule has 8 heteroatoms. The van der Waals surface area contributed by atoms with Gasteiger partial charge in [0.1, 0.15) is 5.54 Å². The van der Waals surface area contributed by atoms with Crippen LogP contribution < -0.4 is 10.6 Å². The van der Waals surface area contributed by atoms with Crippen LogP contribution in [0.25, 0.3) is 0 Å². The number of carbonyl (C=O) groups is 3. The summed E-state index contributed by atoms with van der Waals surface area (Å²) in [7, 11) is 0. The average molecular weight is 484 g/mol. The number of aryl methyl sites for hydroxylation is 1. The van der Waals surface area contributed by atoms with Crippen molar-refractivity contribution in [3.8, 4) is 0 Å². The van der Waals surface area contributed by atoms with Gasteiger partial charge in [-0.05, 0) is 49.0 Å². The second kappa shape index (κ2) is 8.46.